The van der Waals surface area contributed by atoms with Crippen LogP contribution in [0.1, 0.15) is 46.9 Å². The standard InChI is InChI=1S/C25H29N3O5/c1-3-26-23(29)14-18-10-11-20-22(33-18)15-32-21-12-9-17(13-19(21)25(31)28(20)2)27-24(30)16-7-5-4-6-8-16/h4-9,12-13,18,20,22H,3,10-11,14-15H2,1-2H3,(H,26,29)(H,27,30)/t18-,20-,22-/m0/s1. The van der Waals surface area contributed by atoms with Crippen LogP contribution < -0.4 is 15.4 Å². The quantitative estimate of drug-likeness (QED) is 0.729. The third-order valence-corrected chi connectivity index (χ3v) is 6.09. The number of nitrogens with one attached hydrogen (secondary N) is 2. The molecule has 0 aliphatic carbocycles. The number of ether oxygens (including phenoxy) is 2. The van der Waals surface area contributed by atoms with Gasteiger partial charge in [0, 0.05) is 24.8 Å². The Morgan fingerprint density at radius 1 is 1.12 bits per heavy atom. The van der Waals surface area contributed by atoms with Gasteiger partial charge in [-0.3, -0.25) is 14.4 Å². The molecule has 1 fully saturated rings. The van der Waals surface area contributed by atoms with E-state index in [-0.39, 0.29) is 42.6 Å². The molecule has 0 unspecified atom stereocenters. The highest BCUT2D eigenvalue weighted by Crippen LogP contribution is 2.32. The first kappa shape index (κ1) is 22.8. The summed E-state index contributed by atoms with van der Waals surface area (Å²) < 4.78 is 12.1. The zero-order chi connectivity index (χ0) is 23.4. The van der Waals surface area contributed by atoms with E-state index in [2.05, 4.69) is 10.6 Å². The van der Waals surface area contributed by atoms with E-state index in [9.17, 15) is 14.4 Å². The number of hydrogen-bond donors (Lipinski definition) is 2. The number of carbonyl (C=O) groups is 3. The molecule has 2 aliphatic heterocycles. The van der Waals surface area contributed by atoms with Crippen LogP contribution in [0.15, 0.2) is 48.5 Å². The van der Waals surface area contributed by atoms with Crippen molar-refractivity contribution in [3.05, 3.63) is 59.7 Å². The lowest BCUT2D eigenvalue weighted by Gasteiger charge is -2.42. The SMILES string of the molecule is CCNC(=O)C[C@@H]1CC[C@H]2[C@H](COc3ccc(NC(=O)c4ccccc4)cc3C(=O)N2C)O1. The Kier molecular flexibility index (Phi) is 6.93. The fourth-order valence-corrected chi connectivity index (χ4v) is 4.37. The molecule has 0 spiro atoms. The van der Waals surface area contributed by atoms with Gasteiger partial charge in [-0.05, 0) is 50.1 Å². The van der Waals surface area contributed by atoms with Crippen molar-refractivity contribution in [2.45, 2.75) is 44.4 Å². The summed E-state index contributed by atoms with van der Waals surface area (Å²) in [6.07, 6.45) is 1.20. The van der Waals surface area contributed by atoms with Crippen LogP contribution in [0.2, 0.25) is 0 Å². The van der Waals surface area contributed by atoms with Crippen LogP contribution in [-0.4, -0.2) is 61.1 Å². The average Bonchev–Trinajstić information content (AvgIpc) is 2.82. The van der Waals surface area contributed by atoms with Crippen LogP contribution in [0.5, 0.6) is 5.75 Å². The van der Waals surface area contributed by atoms with E-state index in [4.69, 9.17) is 9.47 Å². The van der Waals surface area contributed by atoms with Crippen molar-refractivity contribution in [1.82, 2.24) is 10.2 Å². The molecule has 0 aromatic heterocycles. The highest BCUT2D eigenvalue weighted by atomic mass is 16.5. The monoisotopic (exact) mass is 451 g/mol. The van der Waals surface area contributed by atoms with Crippen LogP contribution in [0.3, 0.4) is 0 Å². The van der Waals surface area contributed by atoms with Crippen molar-refractivity contribution in [2.75, 3.05) is 25.5 Å². The lowest BCUT2D eigenvalue weighted by Crippen LogP contribution is -2.54. The van der Waals surface area contributed by atoms with Gasteiger partial charge in [0.25, 0.3) is 11.8 Å². The van der Waals surface area contributed by atoms with Crippen LogP contribution in [0, 0.1) is 0 Å². The molecule has 0 saturated carbocycles. The van der Waals surface area contributed by atoms with Crippen molar-refractivity contribution in [3.8, 4) is 5.75 Å². The molecule has 2 aliphatic rings. The molecular weight excluding hydrogens is 422 g/mol. The maximum absolute atomic E-state index is 13.3. The molecule has 2 aromatic rings. The van der Waals surface area contributed by atoms with Crippen LogP contribution in [0.4, 0.5) is 5.69 Å². The number of hydrogen-bond acceptors (Lipinski definition) is 5. The van der Waals surface area contributed by atoms with Gasteiger partial charge in [-0.25, -0.2) is 0 Å². The summed E-state index contributed by atoms with van der Waals surface area (Å²) >= 11 is 0. The van der Waals surface area contributed by atoms with Gasteiger partial charge in [0.15, 0.2) is 0 Å². The number of nitrogens with zero attached hydrogens (tertiary/aromatic N) is 1. The second kappa shape index (κ2) is 10.0. The van der Waals surface area contributed by atoms with Gasteiger partial charge in [0.1, 0.15) is 18.5 Å². The summed E-state index contributed by atoms with van der Waals surface area (Å²) in [6, 6.07) is 13.8. The summed E-state index contributed by atoms with van der Waals surface area (Å²) in [5, 5.41) is 5.64. The van der Waals surface area contributed by atoms with Crippen molar-refractivity contribution >= 4 is 23.4 Å². The van der Waals surface area contributed by atoms with Gasteiger partial charge >= 0.3 is 0 Å². The molecule has 2 heterocycles. The Balaban J connectivity index is 1.49. The van der Waals surface area contributed by atoms with Crippen molar-refractivity contribution in [2.24, 2.45) is 0 Å². The highest BCUT2D eigenvalue weighted by Gasteiger charge is 2.39. The molecule has 2 N–H and O–H groups in total. The second-order valence-corrected chi connectivity index (χ2v) is 8.36. The number of fused-ring (bicyclic) bond motifs is 2. The van der Waals surface area contributed by atoms with Crippen molar-refractivity contribution in [3.63, 3.8) is 0 Å². The summed E-state index contributed by atoms with van der Waals surface area (Å²) in [7, 11) is 1.76. The first-order valence-electron chi connectivity index (χ1n) is 11.3. The zero-order valence-corrected chi connectivity index (χ0v) is 18.9. The zero-order valence-electron chi connectivity index (χ0n) is 18.9. The van der Waals surface area contributed by atoms with E-state index in [1.807, 2.05) is 13.0 Å². The van der Waals surface area contributed by atoms with Crippen LogP contribution in [-0.2, 0) is 9.53 Å². The Morgan fingerprint density at radius 3 is 2.67 bits per heavy atom. The third-order valence-electron chi connectivity index (χ3n) is 6.09. The topological polar surface area (TPSA) is 97.0 Å². The summed E-state index contributed by atoms with van der Waals surface area (Å²) in [5.41, 5.74) is 1.45. The van der Waals surface area contributed by atoms with E-state index < -0.39 is 0 Å². The minimum Gasteiger partial charge on any atom is -0.490 e. The van der Waals surface area contributed by atoms with E-state index in [1.54, 1.807) is 54.4 Å². The molecule has 1 saturated heterocycles. The minimum atomic E-state index is -0.322. The van der Waals surface area contributed by atoms with Gasteiger partial charge in [-0.15, -0.1) is 0 Å². The molecule has 2 aromatic carbocycles. The Labute approximate surface area is 193 Å². The maximum atomic E-state index is 13.3. The van der Waals surface area contributed by atoms with Gasteiger partial charge in [-0.2, -0.15) is 0 Å². The van der Waals surface area contributed by atoms with Gasteiger partial charge < -0.3 is 25.0 Å². The molecule has 8 heteroatoms. The number of likely N-dealkylation sites (N-methyl/N-ethyl adjacent to an activating group) is 1. The van der Waals surface area contributed by atoms with E-state index in [1.165, 1.54) is 0 Å². The number of anilines is 1. The fraction of sp³-hybridized carbons (Fsp3) is 0.400. The lowest BCUT2D eigenvalue weighted by atomic mass is 9.94. The first-order chi connectivity index (χ1) is 16.0. The number of carbonyl (C=O) groups excluding carboxylic acids is 3. The molecule has 33 heavy (non-hydrogen) atoms. The Hall–Kier alpha value is -3.39. The summed E-state index contributed by atoms with van der Waals surface area (Å²) in [4.78, 5) is 39.5. The molecule has 174 valence electrons. The third kappa shape index (κ3) is 5.17. The molecule has 3 atom stereocenters. The second-order valence-electron chi connectivity index (χ2n) is 8.36. The van der Waals surface area contributed by atoms with Crippen LogP contribution in [0.25, 0.3) is 0 Å². The molecule has 0 bridgehead atoms. The highest BCUT2D eigenvalue weighted by molar-refractivity contribution is 6.05. The van der Waals surface area contributed by atoms with Crippen molar-refractivity contribution in [1.29, 1.82) is 0 Å². The number of benzene rings is 2. The molecule has 3 amide bonds. The van der Waals surface area contributed by atoms with Crippen molar-refractivity contribution < 1.29 is 23.9 Å². The molecule has 0 radical (unpaired) electrons. The van der Waals surface area contributed by atoms with Gasteiger partial charge in [0.05, 0.1) is 24.1 Å². The van der Waals surface area contributed by atoms with E-state index in [0.717, 1.165) is 6.42 Å². The average molecular weight is 452 g/mol. The first-order valence-corrected chi connectivity index (χ1v) is 11.3. The molecular formula is C25H29N3O5. The van der Waals surface area contributed by atoms with Crippen LogP contribution >= 0.6 is 0 Å². The minimum absolute atomic E-state index is 0.0347. The predicted molar refractivity (Wildman–Crippen MR) is 123 cm³/mol. The van der Waals surface area contributed by atoms with Gasteiger partial charge in [0.2, 0.25) is 5.91 Å². The predicted octanol–water partition coefficient (Wildman–Crippen LogP) is 2.85. The smallest absolute Gasteiger partial charge is 0.257 e. The molecule has 8 nitrogen and oxygen atoms in total. The molecule has 4 rings (SSSR count). The Bertz CT molecular complexity index is 1030. The van der Waals surface area contributed by atoms with E-state index in [0.29, 0.717) is 42.0 Å². The number of rotatable bonds is 5. The van der Waals surface area contributed by atoms with E-state index >= 15 is 0 Å². The number of amides is 3. The fourth-order valence-electron chi connectivity index (χ4n) is 4.37. The Morgan fingerprint density at radius 2 is 1.91 bits per heavy atom. The summed E-state index contributed by atoms with van der Waals surface area (Å²) in [5.74, 6) is -0.0340. The normalized spacial score (nSPS) is 22.2. The largest absolute Gasteiger partial charge is 0.490 e. The maximum Gasteiger partial charge on any atom is 0.257 e. The van der Waals surface area contributed by atoms with Gasteiger partial charge in [-0.1, -0.05) is 18.2 Å². The summed E-state index contributed by atoms with van der Waals surface area (Å²) in [6.45, 7) is 2.74. The lowest BCUT2D eigenvalue weighted by molar-refractivity contribution is -0.133.